The lowest BCUT2D eigenvalue weighted by Gasteiger charge is -2.34. The van der Waals surface area contributed by atoms with Gasteiger partial charge >= 0.3 is 11.9 Å². The van der Waals surface area contributed by atoms with Gasteiger partial charge in [-0.2, -0.15) is 0 Å². The second-order valence-electron chi connectivity index (χ2n) is 4.70. The maximum absolute atomic E-state index is 12.3. The summed E-state index contributed by atoms with van der Waals surface area (Å²) in [5, 5.41) is 8.65. The van der Waals surface area contributed by atoms with Crippen LogP contribution in [0.3, 0.4) is 0 Å². The Morgan fingerprint density at radius 3 is 2.10 bits per heavy atom. The fourth-order valence-electron chi connectivity index (χ4n) is 2.23. The first-order chi connectivity index (χ1) is 9.50. The van der Waals surface area contributed by atoms with Crippen molar-refractivity contribution in [1.82, 2.24) is 9.80 Å². The van der Waals surface area contributed by atoms with Crippen molar-refractivity contribution in [2.24, 2.45) is 0 Å². The molecule has 1 saturated heterocycles. The van der Waals surface area contributed by atoms with E-state index in [0.717, 1.165) is 5.56 Å². The van der Waals surface area contributed by atoms with Crippen molar-refractivity contribution in [1.29, 1.82) is 0 Å². The molecule has 0 aliphatic carbocycles. The van der Waals surface area contributed by atoms with Gasteiger partial charge in [0, 0.05) is 31.7 Å². The molecule has 1 aromatic carbocycles. The van der Waals surface area contributed by atoms with E-state index in [0.29, 0.717) is 18.7 Å². The molecule has 1 aliphatic heterocycles. The summed E-state index contributed by atoms with van der Waals surface area (Å²) in [4.78, 5) is 37.2. The first-order valence-electron chi connectivity index (χ1n) is 6.38. The van der Waals surface area contributed by atoms with Crippen molar-refractivity contribution in [3.05, 3.63) is 35.4 Å². The van der Waals surface area contributed by atoms with Gasteiger partial charge in [-0.1, -0.05) is 18.2 Å². The van der Waals surface area contributed by atoms with Gasteiger partial charge in [-0.25, -0.2) is 4.79 Å². The van der Waals surface area contributed by atoms with Crippen LogP contribution >= 0.6 is 0 Å². The van der Waals surface area contributed by atoms with Crippen LogP contribution in [0.1, 0.15) is 15.9 Å². The molecule has 6 nitrogen and oxygen atoms in total. The van der Waals surface area contributed by atoms with Crippen LogP contribution in [0.4, 0.5) is 0 Å². The lowest BCUT2D eigenvalue weighted by atomic mass is 10.1. The normalized spacial score (nSPS) is 15.1. The molecule has 0 unspecified atom stereocenters. The Kier molecular flexibility index (Phi) is 4.02. The van der Waals surface area contributed by atoms with E-state index in [1.165, 1.54) is 4.90 Å². The van der Waals surface area contributed by atoms with E-state index in [1.54, 1.807) is 11.0 Å². The first-order valence-corrected chi connectivity index (χ1v) is 6.38. The van der Waals surface area contributed by atoms with E-state index < -0.39 is 11.9 Å². The number of nitrogens with zero attached hydrogens (tertiary/aromatic N) is 2. The van der Waals surface area contributed by atoms with Crippen molar-refractivity contribution >= 4 is 17.8 Å². The van der Waals surface area contributed by atoms with Crippen molar-refractivity contribution < 1.29 is 19.5 Å². The Labute approximate surface area is 116 Å². The molecule has 0 spiro atoms. The van der Waals surface area contributed by atoms with E-state index in [4.69, 9.17) is 5.11 Å². The number of benzene rings is 1. The molecule has 0 radical (unpaired) electrons. The van der Waals surface area contributed by atoms with Gasteiger partial charge < -0.3 is 14.9 Å². The quantitative estimate of drug-likeness (QED) is 0.751. The van der Waals surface area contributed by atoms with Crippen LogP contribution in [-0.4, -0.2) is 58.9 Å². The summed E-state index contributed by atoms with van der Waals surface area (Å²) in [7, 11) is 0. The minimum Gasteiger partial charge on any atom is -0.474 e. The number of amides is 2. The van der Waals surface area contributed by atoms with Crippen LogP contribution < -0.4 is 0 Å². The molecule has 0 bridgehead atoms. The zero-order valence-electron chi connectivity index (χ0n) is 11.2. The highest BCUT2D eigenvalue weighted by molar-refractivity contribution is 6.31. The summed E-state index contributed by atoms with van der Waals surface area (Å²) in [5.74, 6) is -2.44. The van der Waals surface area contributed by atoms with Crippen LogP contribution in [0.5, 0.6) is 0 Å². The van der Waals surface area contributed by atoms with Gasteiger partial charge in [-0.3, -0.25) is 9.59 Å². The summed E-state index contributed by atoms with van der Waals surface area (Å²) in [5.41, 5.74) is 1.55. The number of piperazine rings is 1. The molecule has 0 aromatic heterocycles. The molecular weight excluding hydrogens is 260 g/mol. The second-order valence-corrected chi connectivity index (χ2v) is 4.70. The molecule has 0 atom stereocenters. The average molecular weight is 276 g/mol. The minimum atomic E-state index is -1.45. The number of rotatable bonds is 1. The van der Waals surface area contributed by atoms with E-state index in [-0.39, 0.29) is 19.0 Å². The number of aryl methyl sites for hydroxylation is 1. The predicted octanol–water partition coefficient (Wildman–Crippen LogP) is 0.364. The van der Waals surface area contributed by atoms with Crippen LogP contribution in [0, 0.1) is 6.92 Å². The van der Waals surface area contributed by atoms with E-state index in [1.807, 2.05) is 25.1 Å². The Bertz CT molecular complexity index is 548. The summed E-state index contributed by atoms with van der Waals surface area (Å²) < 4.78 is 0. The van der Waals surface area contributed by atoms with Crippen LogP contribution in [0.25, 0.3) is 0 Å². The molecule has 1 fully saturated rings. The van der Waals surface area contributed by atoms with Gasteiger partial charge in [0.2, 0.25) is 0 Å². The van der Waals surface area contributed by atoms with Crippen LogP contribution in [0.2, 0.25) is 0 Å². The Balaban J connectivity index is 2.01. The lowest BCUT2D eigenvalue weighted by Crippen LogP contribution is -2.52. The molecule has 2 amide bonds. The maximum Gasteiger partial charge on any atom is 0.394 e. The van der Waals surface area contributed by atoms with Crippen LogP contribution in [-0.2, 0) is 9.59 Å². The zero-order chi connectivity index (χ0) is 14.7. The first kappa shape index (κ1) is 14.0. The van der Waals surface area contributed by atoms with E-state index >= 15 is 0 Å². The van der Waals surface area contributed by atoms with Gasteiger partial charge in [0.25, 0.3) is 5.91 Å². The number of hydrogen-bond acceptors (Lipinski definition) is 3. The molecule has 2 rings (SSSR count). The summed E-state index contributed by atoms with van der Waals surface area (Å²) in [6, 6.07) is 7.32. The van der Waals surface area contributed by atoms with Crippen molar-refractivity contribution in [2.45, 2.75) is 6.92 Å². The summed E-state index contributed by atoms with van der Waals surface area (Å²) in [6.45, 7) is 3.08. The number of carbonyl (C=O) groups excluding carboxylic acids is 2. The Morgan fingerprint density at radius 1 is 1.00 bits per heavy atom. The smallest absolute Gasteiger partial charge is 0.394 e. The second kappa shape index (κ2) is 5.73. The number of aliphatic carboxylic acids is 1. The van der Waals surface area contributed by atoms with Crippen LogP contribution in [0.15, 0.2) is 24.3 Å². The molecule has 1 N–H and O–H groups in total. The molecule has 1 aromatic rings. The number of carbonyl (C=O) groups is 3. The lowest BCUT2D eigenvalue weighted by molar-refractivity contribution is -0.156. The standard InChI is InChI=1S/C14H16N2O4/c1-10-4-2-3-5-11(10)12(17)15-6-8-16(9-7-15)13(18)14(19)20/h2-5H,6-9H2,1H3,(H,19,20). The molecule has 1 heterocycles. The largest absolute Gasteiger partial charge is 0.474 e. The molecule has 106 valence electrons. The van der Waals surface area contributed by atoms with Gasteiger partial charge in [-0.15, -0.1) is 0 Å². The third-order valence-corrected chi connectivity index (χ3v) is 3.41. The maximum atomic E-state index is 12.3. The third kappa shape index (κ3) is 2.79. The monoisotopic (exact) mass is 276 g/mol. The van der Waals surface area contributed by atoms with Crippen molar-refractivity contribution in [3.63, 3.8) is 0 Å². The van der Waals surface area contributed by atoms with E-state index in [9.17, 15) is 14.4 Å². The number of hydrogen-bond donors (Lipinski definition) is 1. The topological polar surface area (TPSA) is 77.9 Å². The highest BCUT2D eigenvalue weighted by atomic mass is 16.4. The van der Waals surface area contributed by atoms with Gasteiger partial charge in [0.15, 0.2) is 0 Å². The average Bonchev–Trinajstić information content (AvgIpc) is 2.46. The molecule has 0 saturated carbocycles. The number of carboxylic acid groups (broad SMARTS) is 1. The summed E-state index contributed by atoms with van der Waals surface area (Å²) >= 11 is 0. The summed E-state index contributed by atoms with van der Waals surface area (Å²) in [6.07, 6.45) is 0. The van der Waals surface area contributed by atoms with Gasteiger partial charge in [-0.05, 0) is 18.6 Å². The molecule has 20 heavy (non-hydrogen) atoms. The molecule has 6 heteroatoms. The van der Waals surface area contributed by atoms with Gasteiger partial charge in [0.05, 0.1) is 0 Å². The minimum absolute atomic E-state index is 0.0782. The Morgan fingerprint density at radius 2 is 1.55 bits per heavy atom. The fourth-order valence-corrected chi connectivity index (χ4v) is 2.23. The zero-order valence-corrected chi connectivity index (χ0v) is 11.2. The molecular formula is C14H16N2O4. The Hall–Kier alpha value is -2.37. The highest BCUT2D eigenvalue weighted by Crippen LogP contribution is 2.12. The van der Waals surface area contributed by atoms with Gasteiger partial charge in [0.1, 0.15) is 0 Å². The van der Waals surface area contributed by atoms with Crippen molar-refractivity contribution in [2.75, 3.05) is 26.2 Å². The fraction of sp³-hybridized carbons (Fsp3) is 0.357. The predicted molar refractivity (Wildman–Crippen MR) is 71.3 cm³/mol. The van der Waals surface area contributed by atoms with E-state index in [2.05, 4.69) is 0 Å². The third-order valence-electron chi connectivity index (χ3n) is 3.41. The SMILES string of the molecule is Cc1ccccc1C(=O)N1CCN(C(=O)C(=O)O)CC1. The van der Waals surface area contributed by atoms with Crippen molar-refractivity contribution in [3.8, 4) is 0 Å². The number of carboxylic acids is 1. The molecule has 1 aliphatic rings. The highest BCUT2D eigenvalue weighted by Gasteiger charge is 2.28.